The lowest BCUT2D eigenvalue weighted by molar-refractivity contribution is -0.277. The number of phenols is 1. The van der Waals surface area contributed by atoms with E-state index < -0.39 is 58.3 Å². The lowest BCUT2D eigenvalue weighted by atomic mass is 9.48. The molecule has 51 heavy (non-hydrogen) atoms. The summed E-state index contributed by atoms with van der Waals surface area (Å²) in [7, 11) is 0. The fraction of sp³-hybridized carbons (Fsp3) is 0.650. The van der Waals surface area contributed by atoms with Crippen LogP contribution in [-0.4, -0.2) is 79.4 Å². The number of hydrogen-bond donors (Lipinski definition) is 7. The average molecular weight is 724 g/mol. The first-order valence-electron chi connectivity index (χ1n) is 18.5. The zero-order chi connectivity index (χ0) is 36.7. The number of phenolic OH excluding ortho intramolecular Hbond substituents is 1. The summed E-state index contributed by atoms with van der Waals surface area (Å²) in [4.78, 5) is 29.1. The van der Waals surface area contributed by atoms with Gasteiger partial charge in [-0.2, -0.15) is 12.6 Å². The van der Waals surface area contributed by atoms with E-state index in [1.807, 2.05) is 38.1 Å². The number of thiol groups is 1. The van der Waals surface area contributed by atoms with Crippen LogP contribution in [0.1, 0.15) is 101 Å². The molecule has 2 aromatic carbocycles. The largest absolute Gasteiger partial charge is 0.508 e. The summed E-state index contributed by atoms with van der Waals surface area (Å²) in [5, 5.41) is 54.1. The van der Waals surface area contributed by atoms with E-state index in [9.17, 15) is 35.1 Å². The van der Waals surface area contributed by atoms with Gasteiger partial charge in [-0.3, -0.25) is 14.9 Å². The van der Waals surface area contributed by atoms with E-state index in [1.54, 1.807) is 12.1 Å². The van der Waals surface area contributed by atoms with Crippen LogP contribution in [0.15, 0.2) is 36.4 Å². The molecule has 11 heteroatoms. The van der Waals surface area contributed by atoms with Crippen LogP contribution in [-0.2, 0) is 38.0 Å². The van der Waals surface area contributed by atoms with Gasteiger partial charge in [0.1, 0.15) is 35.9 Å². The number of aliphatic hydroxyl groups excluding tert-OH is 4. The van der Waals surface area contributed by atoms with E-state index in [2.05, 4.69) is 19.2 Å². The van der Waals surface area contributed by atoms with Gasteiger partial charge in [-0.15, -0.1) is 0 Å². The van der Waals surface area contributed by atoms with Crippen LogP contribution < -0.4 is 10.1 Å². The molecule has 4 aliphatic carbocycles. The fourth-order valence-electron chi connectivity index (χ4n) is 11.1. The summed E-state index contributed by atoms with van der Waals surface area (Å²) in [5.41, 5.74) is 1.77. The highest BCUT2D eigenvalue weighted by atomic mass is 32.1. The molecule has 2 amide bonds. The minimum absolute atomic E-state index is 0.0129. The van der Waals surface area contributed by atoms with Gasteiger partial charge in [0, 0.05) is 10.2 Å². The first-order chi connectivity index (χ1) is 24.0. The first-order valence-corrected chi connectivity index (χ1v) is 19.0. The summed E-state index contributed by atoms with van der Waals surface area (Å²) < 4.78 is 10.8. The predicted octanol–water partition coefficient (Wildman–Crippen LogP) is 3.99. The Morgan fingerprint density at radius 1 is 0.863 bits per heavy atom. The molecule has 11 atom stereocenters. The van der Waals surface area contributed by atoms with Crippen molar-refractivity contribution in [1.29, 1.82) is 0 Å². The van der Waals surface area contributed by atoms with Gasteiger partial charge in [0.2, 0.25) is 18.1 Å². The van der Waals surface area contributed by atoms with Crippen molar-refractivity contribution in [3.63, 3.8) is 0 Å². The molecule has 10 nitrogen and oxygen atoms in total. The molecule has 6 N–H and O–H groups in total. The van der Waals surface area contributed by atoms with Crippen LogP contribution in [0.5, 0.6) is 11.5 Å². The molecule has 1 heterocycles. The normalized spacial score (nSPS) is 41.7. The van der Waals surface area contributed by atoms with E-state index in [0.717, 1.165) is 55.2 Å². The SMILES string of the molecule is C[C@]1(C(=O)NC(=O)[C@@]2(C)CCC[C@]3(C)c4cc(O[C@@H]5O[C@H](CO)[C@@H](O)[C@H](O)[C@H]5O)ccc4CC[C@@]23S)CCC[C@]2(C)c3cc(O)ccc3CC[C@@H]12. The maximum absolute atomic E-state index is 14.6. The summed E-state index contributed by atoms with van der Waals surface area (Å²) in [6.45, 7) is 7.75. The molecule has 0 bridgehead atoms. The van der Waals surface area contributed by atoms with Crippen molar-refractivity contribution in [2.24, 2.45) is 16.7 Å². The highest BCUT2D eigenvalue weighted by Crippen LogP contribution is 2.64. The molecule has 0 spiro atoms. The van der Waals surface area contributed by atoms with Crippen LogP contribution in [0.2, 0.25) is 0 Å². The van der Waals surface area contributed by atoms with Crippen LogP contribution in [0.25, 0.3) is 0 Å². The summed E-state index contributed by atoms with van der Waals surface area (Å²) >= 11 is 5.44. The number of fused-ring (bicyclic) bond motifs is 6. The van der Waals surface area contributed by atoms with Gasteiger partial charge in [0.05, 0.1) is 17.4 Å². The molecule has 5 aliphatic rings. The van der Waals surface area contributed by atoms with E-state index in [4.69, 9.17) is 22.1 Å². The second-order valence-electron chi connectivity index (χ2n) is 16.9. The third kappa shape index (κ3) is 5.39. The van der Waals surface area contributed by atoms with Crippen molar-refractivity contribution in [1.82, 2.24) is 5.32 Å². The Morgan fingerprint density at radius 2 is 1.57 bits per heavy atom. The Balaban J connectivity index is 1.15. The maximum Gasteiger partial charge on any atom is 0.233 e. The number of benzene rings is 2. The molecule has 1 aliphatic heterocycles. The number of aryl methyl sites for hydroxylation is 2. The van der Waals surface area contributed by atoms with Crippen molar-refractivity contribution in [3.05, 3.63) is 58.7 Å². The van der Waals surface area contributed by atoms with Gasteiger partial charge in [-0.05, 0) is 116 Å². The number of hydrogen-bond acceptors (Lipinski definition) is 10. The van der Waals surface area contributed by atoms with E-state index >= 15 is 0 Å². The molecule has 278 valence electrons. The molecule has 7 rings (SSSR count). The van der Waals surface area contributed by atoms with Crippen molar-refractivity contribution in [2.75, 3.05) is 6.61 Å². The van der Waals surface area contributed by atoms with Gasteiger partial charge in [0.25, 0.3) is 0 Å². The average Bonchev–Trinajstić information content (AvgIpc) is 3.10. The smallest absolute Gasteiger partial charge is 0.233 e. The molecule has 2 saturated carbocycles. The van der Waals surface area contributed by atoms with Gasteiger partial charge >= 0.3 is 0 Å². The molecule has 2 aromatic rings. The second-order valence-corrected chi connectivity index (χ2v) is 17.7. The number of imide groups is 1. The Kier molecular flexibility index (Phi) is 9.16. The number of nitrogens with one attached hydrogen (secondary N) is 1. The number of ether oxygens (including phenoxy) is 2. The van der Waals surface area contributed by atoms with Crippen LogP contribution in [0.3, 0.4) is 0 Å². The van der Waals surface area contributed by atoms with Crippen LogP contribution >= 0.6 is 12.6 Å². The molecular formula is C40H53NO9S. The predicted molar refractivity (Wildman–Crippen MR) is 193 cm³/mol. The molecule has 0 aromatic heterocycles. The number of rotatable bonds is 5. The Hall–Kier alpha value is -2.67. The number of carbonyl (C=O) groups is 2. The highest BCUT2D eigenvalue weighted by molar-refractivity contribution is 7.82. The number of carbonyl (C=O) groups excluding carboxylic acids is 2. The maximum atomic E-state index is 14.6. The molecular weight excluding hydrogens is 671 g/mol. The molecule has 0 unspecified atom stereocenters. The molecule has 0 radical (unpaired) electrons. The second kappa shape index (κ2) is 12.7. The number of aromatic hydroxyl groups is 1. The van der Waals surface area contributed by atoms with Gasteiger partial charge in [0.15, 0.2) is 0 Å². The summed E-state index contributed by atoms with van der Waals surface area (Å²) in [6, 6.07) is 11.2. The monoisotopic (exact) mass is 723 g/mol. The molecule has 1 saturated heterocycles. The Morgan fingerprint density at radius 3 is 2.31 bits per heavy atom. The zero-order valence-corrected chi connectivity index (χ0v) is 30.9. The summed E-state index contributed by atoms with van der Waals surface area (Å²) in [6.07, 6.45) is 0.457. The molecule has 3 fully saturated rings. The minimum atomic E-state index is -1.56. The van der Waals surface area contributed by atoms with Gasteiger partial charge < -0.3 is 35.0 Å². The zero-order valence-electron chi connectivity index (χ0n) is 30.0. The lowest BCUT2D eigenvalue weighted by Crippen LogP contribution is -2.66. The van der Waals surface area contributed by atoms with Crippen molar-refractivity contribution >= 4 is 24.4 Å². The summed E-state index contributed by atoms with van der Waals surface area (Å²) in [5.74, 6) is 0.0895. The lowest BCUT2D eigenvalue weighted by Gasteiger charge is -2.61. The third-order valence-electron chi connectivity index (χ3n) is 14.3. The standard InChI is InChI=1S/C40H53NO9S/c1-36-14-5-15-37(2,29(36)12-9-22-7-10-24(43)19-26(22)36)34(47)41-35(48)39(4)17-6-16-38(3)27-20-25(11-8-23(27)13-18-40(38,39)51)49-33-32(46)31(45)30(44)28(21-42)50-33/h7-8,10-11,19-20,28-33,42-46,51H,5-6,9,12-18,21H2,1-4H3,(H,41,47,48)/t28-,29-,30-,31+,32-,33-,36-,37+,38-,39-,40+/m1/s1. The quantitative estimate of drug-likeness (QED) is 0.179. The van der Waals surface area contributed by atoms with E-state index in [1.165, 1.54) is 5.56 Å². The van der Waals surface area contributed by atoms with E-state index in [-0.39, 0.29) is 28.9 Å². The first kappa shape index (κ1) is 36.7. The van der Waals surface area contributed by atoms with Gasteiger partial charge in [-0.25, -0.2) is 0 Å². The topological polar surface area (TPSA) is 166 Å². The van der Waals surface area contributed by atoms with Crippen LogP contribution in [0, 0.1) is 16.7 Å². The Bertz CT molecular complexity index is 1720. The Labute approximate surface area is 305 Å². The van der Waals surface area contributed by atoms with Crippen molar-refractivity contribution < 1.29 is 44.6 Å². The highest BCUT2D eigenvalue weighted by Gasteiger charge is 2.65. The van der Waals surface area contributed by atoms with E-state index in [0.29, 0.717) is 31.4 Å². The third-order valence-corrected chi connectivity index (χ3v) is 15.5. The van der Waals surface area contributed by atoms with Crippen molar-refractivity contribution in [2.45, 2.75) is 138 Å². The van der Waals surface area contributed by atoms with Crippen molar-refractivity contribution in [3.8, 4) is 11.5 Å². The van der Waals surface area contributed by atoms with Crippen LogP contribution in [0.4, 0.5) is 0 Å². The number of amides is 2. The fourth-order valence-corrected chi connectivity index (χ4v) is 11.7. The minimum Gasteiger partial charge on any atom is -0.508 e. The van der Waals surface area contributed by atoms with Gasteiger partial charge in [-0.1, -0.05) is 45.7 Å². The number of aliphatic hydroxyl groups is 4.